The topological polar surface area (TPSA) is 27.0 Å². The van der Waals surface area contributed by atoms with Crippen molar-refractivity contribution in [2.24, 2.45) is 0 Å². The van der Waals surface area contributed by atoms with Crippen molar-refractivity contribution in [3.63, 3.8) is 0 Å². The lowest BCUT2D eigenvalue weighted by molar-refractivity contribution is 0.575. The normalized spacial score (nSPS) is 18.0. The fourth-order valence-corrected chi connectivity index (χ4v) is 0.668. The molecular formula is C6H7N2. The summed E-state index contributed by atoms with van der Waals surface area (Å²) in [4.78, 5) is 1.90. The van der Waals surface area contributed by atoms with Crippen molar-refractivity contribution in [3.05, 3.63) is 18.3 Å². The van der Waals surface area contributed by atoms with E-state index in [-0.39, 0.29) is 0 Å². The Balaban J connectivity index is 2.61. The second-order valence-electron chi connectivity index (χ2n) is 1.82. The van der Waals surface area contributed by atoms with Crippen molar-refractivity contribution in [1.82, 2.24) is 4.90 Å². The molecule has 0 saturated heterocycles. The Labute approximate surface area is 49.0 Å². The number of rotatable bonds is 0. The molecule has 0 unspecified atom stereocenters. The van der Waals surface area contributed by atoms with E-state index in [0.29, 0.717) is 0 Å². The molecule has 0 bridgehead atoms. The van der Waals surface area contributed by atoms with E-state index >= 15 is 0 Å². The SMILES string of the molecule is CN1[CH]CC(C#N)=C1. The van der Waals surface area contributed by atoms with E-state index in [2.05, 4.69) is 6.07 Å². The lowest BCUT2D eigenvalue weighted by Crippen LogP contribution is -1.98. The molecule has 2 nitrogen and oxygen atoms in total. The second-order valence-corrected chi connectivity index (χ2v) is 1.82. The lowest BCUT2D eigenvalue weighted by Gasteiger charge is -2.01. The Morgan fingerprint density at radius 3 is 2.88 bits per heavy atom. The molecular weight excluding hydrogens is 100 g/mol. The van der Waals surface area contributed by atoms with Crippen LogP contribution in [0.15, 0.2) is 11.8 Å². The summed E-state index contributed by atoms with van der Waals surface area (Å²) in [6.45, 7) is 1.97. The van der Waals surface area contributed by atoms with Crippen LogP contribution >= 0.6 is 0 Å². The summed E-state index contributed by atoms with van der Waals surface area (Å²) in [7, 11) is 1.92. The van der Waals surface area contributed by atoms with Gasteiger partial charge >= 0.3 is 0 Å². The summed E-state index contributed by atoms with van der Waals surface area (Å²) in [5.74, 6) is 0. The summed E-state index contributed by atoms with van der Waals surface area (Å²) < 4.78 is 0. The third kappa shape index (κ3) is 0.812. The molecule has 0 aromatic carbocycles. The Kier molecular flexibility index (Phi) is 1.21. The van der Waals surface area contributed by atoms with Crippen molar-refractivity contribution in [2.45, 2.75) is 6.42 Å². The molecule has 0 saturated carbocycles. The van der Waals surface area contributed by atoms with Crippen LogP contribution in [-0.4, -0.2) is 11.9 Å². The number of nitrogens with zero attached hydrogens (tertiary/aromatic N) is 2. The van der Waals surface area contributed by atoms with Crippen LogP contribution in [-0.2, 0) is 0 Å². The molecule has 8 heavy (non-hydrogen) atoms. The molecule has 41 valence electrons. The molecule has 0 aromatic rings. The first-order valence-electron chi connectivity index (χ1n) is 2.49. The minimum Gasteiger partial charge on any atom is -0.374 e. The van der Waals surface area contributed by atoms with Crippen molar-refractivity contribution in [1.29, 1.82) is 5.26 Å². The van der Waals surface area contributed by atoms with E-state index in [4.69, 9.17) is 5.26 Å². The number of nitriles is 1. The molecule has 1 radical (unpaired) electrons. The van der Waals surface area contributed by atoms with Crippen LogP contribution in [0.3, 0.4) is 0 Å². The molecule has 0 aromatic heterocycles. The van der Waals surface area contributed by atoms with E-state index in [1.807, 2.05) is 24.7 Å². The fourth-order valence-electron chi connectivity index (χ4n) is 0.668. The van der Waals surface area contributed by atoms with Gasteiger partial charge in [-0.25, -0.2) is 0 Å². The van der Waals surface area contributed by atoms with Gasteiger partial charge in [-0.1, -0.05) is 0 Å². The Bertz CT molecular complexity index is 152. The van der Waals surface area contributed by atoms with Crippen LogP contribution in [0.2, 0.25) is 0 Å². The highest BCUT2D eigenvalue weighted by atomic mass is 15.1. The molecule has 0 amide bonds. The van der Waals surface area contributed by atoms with Crippen molar-refractivity contribution < 1.29 is 0 Å². The van der Waals surface area contributed by atoms with Gasteiger partial charge in [-0.3, -0.25) is 0 Å². The summed E-state index contributed by atoms with van der Waals surface area (Å²) >= 11 is 0. The van der Waals surface area contributed by atoms with Gasteiger partial charge in [0, 0.05) is 25.2 Å². The summed E-state index contributed by atoms with van der Waals surface area (Å²) in [6.07, 6.45) is 2.63. The highest BCUT2D eigenvalue weighted by Gasteiger charge is 2.06. The molecule has 1 heterocycles. The van der Waals surface area contributed by atoms with Crippen molar-refractivity contribution in [2.75, 3.05) is 7.05 Å². The van der Waals surface area contributed by atoms with Gasteiger partial charge in [0.25, 0.3) is 0 Å². The van der Waals surface area contributed by atoms with Crippen LogP contribution in [0.4, 0.5) is 0 Å². The third-order valence-electron chi connectivity index (χ3n) is 1.10. The number of hydrogen-bond acceptors (Lipinski definition) is 2. The van der Waals surface area contributed by atoms with E-state index in [1.54, 1.807) is 0 Å². The van der Waals surface area contributed by atoms with Crippen LogP contribution in [0.25, 0.3) is 0 Å². The quantitative estimate of drug-likeness (QED) is 0.459. The molecule has 0 aliphatic carbocycles. The van der Waals surface area contributed by atoms with Crippen molar-refractivity contribution in [3.8, 4) is 6.07 Å². The highest BCUT2D eigenvalue weighted by molar-refractivity contribution is 5.25. The average Bonchev–Trinajstić information content (AvgIpc) is 2.14. The van der Waals surface area contributed by atoms with Gasteiger partial charge in [0.15, 0.2) is 0 Å². The van der Waals surface area contributed by atoms with Crippen LogP contribution in [0.1, 0.15) is 6.42 Å². The molecule has 1 rings (SSSR count). The molecule has 0 spiro atoms. The lowest BCUT2D eigenvalue weighted by atomic mass is 10.3. The molecule has 0 fully saturated rings. The van der Waals surface area contributed by atoms with Gasteiger partial charge in [-0.05, 0) is 0 Å². The van der Waals surface area contributed by atoms with Gasteiger partial charge in [0.2, 0.25) is 0 Å². The Hall–Kier alpha value is -0.970. The minimum atomic E-state index is 0.799. The maximum absolute atomic E-state index is 8.32. The zero-order chi connectivity index (χ0) is 5.98. The van der Waals surface area contributed by atoms with Crippen LogP contribution < -0.4 is 0 Å². The van der Waals surface area contributed by atoms with Gasteiger partial charge < -0.3 is 4.90 Å². The smallest absolute Gasteiger partial charge is 0.0963 e. The first kappa shape index (κ1) is 5.17. The van der Waals surface area contributed by atoms with Crippen LogP contribution in [0, 0.1) is 17.9 Å². The molecule has 1 aliphatic rings. The maximum Gasteiger partial charge on any atom is 0.0963 e. The van der Waals surface area contributed by atoms with Gasteiger partial charge in [0.1, 0.15) is 0 Å². The molecule has 2 heteroatoms. The molecule has 0 N–H and O–H groups in total. The van der Waals surface area contributed by atoms with Crippen LogP contribution in [0.5, 0.6) is 0 Å². The van der Waals surface area contributed by atoms with E-state index in [1.165, 1.54) is 0 Å². The zero-order valence-electron chi connectivity index (χ0n) is 4.76. The van der Waals surface area contributed by atoms with E-state index in [9.17, 15) is 0 Å². The van der Waals surface area contributed by atoms with Gasteiger partial charge in [-0.15, -0.1) is 0 Å². The third-order valence-corrected chi connectivity index (χ3v) is 1.10. The van der Waals surface area contributed by atoms with Gasteiger partial charge in [-0.2, -0.15) is 5.26 Å². The largest absolute Gasteiger partial charge is 0.374 e. The van der Waals surface area contributed by atoms with Gasteiger partial charge in [0.05, 0.1) is 12.6 Å². The first-order valence-corrected chi connectivity index (χ1v) is 2.49. The Morgan fingerprint density at radius 2 is 2.62 bits per heavy atom. The summed E-state index contributed by atoms with van der Waals surface area (Å²) in [5, 5.41) is 8.32. The predicted molar refractivity (Wildman–Crippen MR) is 30.4 cm³/mol. The molecule has 0 atom stereocenters. The monoisotopic (exact) mass is 107 g/mol. The van der Waals surface area contributed by atoms with Crippen molar-refractivity contribution >= 4 is 0 Å². The Morgan fingerprint density at radius 1 is 1.88 bits per heavy atom. The van der Waals surface area contributed by atoms with E-state index < -0.39 is 0 Å². The summed E-state index contributed by atoms with van der Waals surface area (Å²) in [5.41, 5.74) is 0.840. The second kappa shape index (κ2) is 1.87. The molecule has 1 aliphatic heterocycles. The minimum absolute atomic E-state index is 0.799. The summed E-state index contributed by atoms with van der Waals surface area (Å²) in [6, 6.07) is 2.08. The zero-order valence-corrected chi connectivity index (χ0v) is 4.76. The first-order chi connectivity index (χ1) is 3.83. The highest BCUT2D eigenvalue weighted by Crippen LogP contribution is 2.13. The fraction of sp³-hybridized carbons (Fsp3) is 0.333. The number of hydrogen-bond donors (Lipinski definition) is 0. The standard InChI is InChI=1S/C6H7N2/c1-8-3-2-6(4-7)5-8/h3,5H,2H2,1H3. The van der Waals surface area contributed by atoms with E-state index in [0.717, 1.165) is 12.0 Å². The predicted octanol–water partition coefficient (Wildman–Crippen LogP) is 0.891. The average molecular weight is 107 g/mol. The maximum atomic E-state index is 8.32.